The Hall–Kier alpha value is -0.910. The van der Waals surface area contributed by atoms with Gasteiger partial charge < -0.3 is 5.73 Å². The van der Waals surface area contributed by atoms with Crippen LogP contribution in [0.5, 0.6) is 0 Å². The Morgan fingerprint density at radius 3 is 2.05 bits per heavy atom. The van der Waals surface area contributed by atoms with E-state index in [1.165, 1.54) is 38.5 Å². The lowest BCUT2D eigenvalue weighted by Crippen LogP contribution is -2.00. The van der Waals surface area contributed by atoms with Crippen LogP contribution in [0.4, 0.5) is 0 Å². The van der Waals surface area contributed by atoms with E-state index in [1.54, 1.807) is 30.3 Å². The average molecular weight is 301 g/mol. The lowest BCUT2D eigenvalue weighted by atomic mass is 10.1. The van der Waals surface area contributed by atoms with Gasteiger partial charge in [0.1, 0.15) is 5.75 Å². The molecule has 1 aromatic rings. The van der Waals surface area contributed by atoms with E-state index < -0.39 is 10.1 Å². The van der Waals surface area contributed by atoms with Crippen molar-refractivity contribution in [1.82, 2.24) is 0 Å². The number of nitrogens with two attached hydrogens (primary N) is 1. The molecule has 5 heteroatoms. The molecule has 0 spiro atoms. The molecule has 0 aliphatic heterocycles. The molecule has 0 fully saturated rings. The van der Waals surface area contributed by atoms with Gasteiger partial charge >= 0.3 is 0 Å². The van der Waals surface area contributed by atoms with Crippen LogP contribution in [0.1, 0.15) is 51.0 Å². The molecule has 0 radical (unpaired) electrons. The van der Waals surface area contributed by atoms with E-state index in [1.807, 2.05) is 0 Å². The molecule has 0 atom stereocenters. The van der Waals surface area contributed by atoms with Crippen LogP contribution in [0, 0.1) is 0 Å². The number of rotatable bonds is 8. The first-order chi connectivity index (χ1) is 9.49. The summed E-state index contributed by atoms with van der Waals surface area (Å²) in [5.74, 6) is -0.312. The molecule has 0 aromatic heterocycles. The smallest absolute Gasteiger partial charge is 0.269 e. The summed E-state index contributed by atoms with van der Waals surface area (Å²) in [6, 6.07) is 8.52. The molecular formula is C15H27NO3S. The summed E-state index contributed by atoms with van der Waals surface area (Å²) in [5, 5.41) is 0. The summed E-state index contributed by atoms with van der Waals surface area (Å²) >= 11 is 0. The zero-order chi connectivity index (χ0) is 15.3. The highest BCUT2D eigenvalue weighted by molar-refractivity contribution is 7.85. The lowest BCUT2D eigenvalue weighted by molar-refractivity contribution is 0.482. The van der Waals surface area contributed by atoms with Gasteiger partial charge in [-0.2, -0.15) is 8.42 Å². The van der Waals surface area contributed by atoms with E-state index in [9.17, 15) is 8.42 Å². The Balaban J connectivity index is 0.000000370. The molecule has 1 rings (SSSR count). The van der Waals surface area contributed by atoms with Crippen LogP contribution >= 0.6 is 0 Å². The standard InChI is InChI=1S/C8H19N.C7H8O3S/c1-2-3-4-5-6-7-8-9;8-11(9,10)6-7-4-2-1-3-5-7/h2-9H2,1H3;1-5H,6H2,(H,8,9,10). The van der Waals surface area contributed by atoms with Crippen molar-refractivity contribution in [3.05, 3.63) is 35.9 Å². The van der Waals surface area contributed by atoms with Crippen molar-refractivity contribution in [2.75, 3.05) is 6.54 Å². The molecule has 20 heavy (non-hydrogen) atoms. The molecule has 1 aromatic carbocycles. The second-order valence-corrected chi connectivity index (χ2v) is 6.22. The van der Waals surface area contributed by atoms with E-state index in [0.29, 0.717) is 5.56 Å². The van der Waals surface area contributed by atoms with Gasteiger partial charge in [-0.05, 0) is 18.5 Å². The Kier molecular flexibility index (Phi) is 11.3. The van der Waals surface area contributed by atoms with E-state index in [4.69, 9.17) is 10.3 Å². The van der Waals surface area contributed by atoms with Gasteiger partial charge in [-0.3, -0.25) is 4.55 Å². The van der Waals surface area contributed by atoms with E-state index in [2.05, 4.69) is 6.92 Å². The first kappa shape index (κ1) is 19.1. The van der Waals surface area contributed by atoms with E-state index in [0.717, 1.165) is 6.54 Å². The fourth-order valence-electron chi connectivity index (χ4n) is 1.71. The Labute approximate surface area is 123 Å². The third-order valence-corrected chi connectivity index (χ3v) is 3.45. The predicted molar refractivity (Wildman–Crippen MR) is 84.1 cm³/mol. The van der Waals surface area contributed by atoms with Crippen molar-refractivity contribution in [3.8, 4) is 0 Å². The number of benzene rings is 1. The summed E-state index contributed by atoms with van der Waals surface area (Å²) in [4.78, 5) is 0. The highest BCUT2D eigenvalue weighted by Gasteiger charge is 2.04. The highest BCUT2D eigenvalue weighted by Crippen LogP contribution is 2.03. The minimum atomic E-state index is -3.88. The molecule has 4 nitrogen and oxygen atoms in total. The Morgan fingerprint density at radius 2 is 1.55 bits per heavy atom. The van der Waals surface area contributed by atoms with Crippen LogP contribution in [0.25, 0.3) is 0 Å². The van der Waals surface area contributed by atoms with Crippen LogP contribution < -0.4 is 5.73 Å². The topological polar surface area (TPSA) is 80.4 Å². The fourth-order valence-corrected chi connectivity index (χ4v) is 2.32. The summed E-state index contributed by atoms with van der Waals surface area (Å²) in [6.07, 6.45) is 8.05. The molecule has 0 saturated heterocycles. The second-order valence-electron chi connectivity index (χ2n) is 4.77. The lowest BCUT2D eigenvalue weighted by Gasteiger charge is -1.96. The summed E-state index contributed by atoms with van der Waals surface area (Å²) in [7, 11) is -3.88. The van der Waals surface area contributed by atoms with Crippen LogP contribution in [-0.4, -0.2) is 19.5 Å². The summed E-state index contributed by atoms with van der Waals surface area (Å²) < 4.78 is 29.2. The maximum atomic E-state index is 10.4. The molecule has 0 unspecified atom stereocenters. The first-order valence-electron chi connectivity index (χ1n) is 7.18. The van der Waals surface area contributed by atoms with Crippen LogP contribution in [0.3, 0.4) is 0 Å². The summed E-state index contributed by atoms with van der Waals surface area (Å²) in [5.41, 5.74) is 5.94. The van der Waals surface area contributed by atoms with Crippen LogP contribution in [-0.2, 0) is 15.9 Å². The molecule has 3 N–H and O–H groups in total. The largest absolute Gasteiger partial charge is 0.330 e. The van der Waals surface area contributed by atoms with Gasteiger partial charge in [-0.1, -0.05) is 69.4 Å². The number of hydrogen-bond donors (Lipinski definition) is 2. The van der Waals surface area contributed by atoms with Gasteiger partial charge in [0.05, 0.1) is 0 Å². The number of hydrogen-bond acceptors (Lipinski definition) is 3. The minimum absolute atomic E-state index is 0.312. The van der Waals surface area contributed by atoms with E-state index >= 15 is 0 Å². The minimum Gasteiger partial charge on any atom is -0.330 e. The molecular weight excluding hydrogens is 274 g/mol. The Morgan fingerprint density at radius 1 is 1.00 bits per heavy atom. The van der Waals surface area contributed by atoms with Crippen molar-refractivity contribution >= 4 is 10.1 Å². The highest BCUT2D eigenvalue weighted by atomic mass is 32.2. The third-order valence-electron chi connectivity index (χ3n) is 2.75. The fraction of sp³-hybridized carbons (Fsp3) is 0.600. The van der Waals surface area contributed by atoms with Crippen molar-refractivity contribution in [3.63, 3.8) is 0 Å². The van der Waals surface area contributed by atoms with Crippen molar-refractivity contribution in [2.45, 2.75) is 51.2 Å². The molecule has 0 amide bonds. The molecule has 0 aliphatic carbocycles. The molecule has 0 saturated carbocycles. The molecule has 116 valence electrons. The second kappa shape index (κ2) is 11.9. The summed E-state index contributed by atoms with van der Waals surface area (Å²) in [6.45, 7) is 3.11. The number of unbranched alkanes of at least 4 members (excludes halogenated alkanes) is 5. The first-order valence-corrected chi connectivity index (χ1v) is 8.79. The van der Waals surface area contributed by atoms with Gasteiger partial charge in [0.25, 0.3) is 10.1 Å². The van der Waals surface area contributed by atoms with Crippen LogP contribution in [0.2, 0.25) is 0 Å². The van der Waals surface area contributed by atoms with E-state index in [-0.39, 0.29) is 5.75 Å². The zero-order valence-corrected chi connectivity index (χ0v) is 13.1. The quantitative estimate of drug-likeness (QED) is 0.570. The average Bonchev–Trinajstić information content (AvgIpc) is 2.39. The van der Waals surface area contributed by atoms with Gasteiger partial charge in [0.15, 0.2) is 0 Å². The van der Waals surface area contributed by atoms with Gasteiger partial charge in [-0.15, -0.1) is 0 Å². The van der Waals surface area contributed by atoms with Crippen molar-refractivity contribution < 1.29 is 13.0 Å². The van der Waals surface area contributed by atoms with Crippen molar-refractivity contribution in [1.29, 1.82) is 0 Å². The van der Waals surface area contributed by atoms with Crippen LogP contribution in [0.15, 0.2) is 30.3 Å². The molecule has 0 heterocycles. The third kappa shape index (κ3) is 13.5. The van der Waals surface area contributed by atoms with Gasteiger partial charge in [0, 0.05) is 0 Å². The van der Waals surface area contributed by atoms with Gasteiger partial charge in [-0.25, -0.2) is 0 Å². The zero-order valence-electron chi connectivity index (χ0n) is 12.3. The SMILES string of the molecule is CCCCCCCCN.O=S(=O)(O)Cc1ccccc1. The van der Waals surface area contributed by atoms with Crippen molar-refractivity contribution in [2.24, 2.45) is 5.73 Å². The maximum Gasteiger partial charge on any atom is 0.269 e. The maximum absolute atomic E-state index is 10.4. The normalized spacial score (nSPS) is 10.8. The monoisotopic (exact) mass is 301 g/mol. The van der Waals surface area contributed by atoms with Gasteiger partial charge in [0.2, 0.25) is 0 Å². The molecule has 0 aliphatic rings. The predicted octanol–water partition coefficient (Wildman–Crippen LogP) is 3.38. The Bertz CT molecular complexity index is 412. The molecule has 0 bridgehead atoms.